The number of carbonyl (C=O) groups is 1. The average molecular weight is 283 g/mol. The topological polar surface area (TPSA) is 57.0 Å². The van der Waals surface area contributed by atoms with E-state index in [9.17, 15) is 4.79 Å². The molecule has 0 radical (unpaired) electrons. The first kappa shape index (κ1) is 14.1. The van der Waals surface area contributed by atoms with E-state index in [0.717, 1.165) is 27.9 Å². The highest BCUT2D eigenvalue weighted by Gasteiger charge is 2.13. The summed E-state index contributed by atoms with van der Waals surface area (Å²) in [6.45, 7) is 0. The van der Waals surface area contributed by atoms with Crippen LogP contribution in [0.15, 0.2) is 47.5 Å². The third-order valence-electron chi connectivity index (χ3n) is 2.61. The highest BCUT2D eigenvalue weighted by molar-refractivity contribution is 8.13. The van der Waals surface area contributed by atoms with Crippen molar-refractivity contribution in [2.45, 2.75) is 4.90 Å². The normalized spacial score (nSPS) is 9.85. The molecular weight excluding hydrogens is 270 g/mol. The molecule has 100 valence electrons. The van der Waals surface area contributed by atoms with Gasteiger partial charge in [-0.25, -0.2) is 0 Å². The zero-order valence-corrected chi connectivity index (χ0v) is 12.0. The lowest BCUT2D eigenvalue weighted by Crippen LogP contribution is -2.16. The van der Waals surface area contributed by atoms with Gasteiger partial charge in [-0.1, -0.05) is 6.07 Å². The maximum absolute atomic E-state index is 11.9. The zero-order valence-electron chi connectivity index (χ0n) is 11.2. The fraction of sp³-hybridized carbons (Fsp3) is 0.133. The molecule has 0 N–H and O–H groups in total. The molecule has 5 heteroatoms. The van der Waals surface area contributed by atoms with Gasteiger partial charge in [0.1, 0.15) is 0 Å². The molecule has 1 heterocycles. The Hall–Kier alpha value is -2.32. The summed E-state index contributed by atoms with van der Waals surface area (Å²) in [5.41, 5.74) is 2.09. The van der Waals surface area contributed by atoms with E-state index >= 15 is 0 Å². The molecule has 4 nitrogen and oxygen atoms in total. The van der Waals surface area contributed by atoms with Crippen molar-refractivity contribution in [2.75, 3.05) is 14.1 Å². The number of hydrogen-bond donors (Lipinski definition) is 0. The number of benzene rings is 1. The molecule has 0 saturated carbocycles. The first-order valence-electron chi connectivity index (χ1n) is 5.96. The molecule has 0 aliphatic carbocycles. The molecule has 1 aromatic heterocycles. The summed E-state index contributed by atoms with van der Waals surface area (Å²) in [6, 6.07) is 12.9. The summed E-state index contributed by atoms with van der Waals surface area (Å²) >= 11 is 1.13. The number of nitrogens with zero attached hydrogens (tertiary/aromatic N) is 3. The second-order valence-electron chi connectivity index (χ2n) is 4.30. The Morgan fingerprint density at radius 1 is 1.30 bits per heavy atom. The van der Waals surface area contributed by atoms with E-state index in [4.69, 9.17) is 5.26 Å². The SMILES string of the molecule is CN(C)C(=O)Sc1ccc(C#N)cc1-c1ccccn1. The average Bonchev–Trinajstić information content (AvgIpc) is 2.48. The molecule has 20 heavy (non-hydrogen) atoms. The number of amides is 1. The molecular formula is C15H13N3OS. The number of rotatable bonds is 2. The molecule has 0 saturated heterocycles. The highest BCUT2D eigenvalue weighted by atomic mass is 32.2. The van der Waals surface area contributed by atoms with Crippen LogP contribution in [0.5, 0.6) is 0 Å². The number of hydrogen-bond acceptors (Lipinski definition) is 4. The van der Waals surface area contributed by atoms with Crippen molar-refractivity contribution >= 4 is 17.0 Å². The van der Waals surface area contributed by atoms with E-state index in [1.54, 1.807) is 38.5 Å². The molecule has 0 atom stereocenters. The summed E-state index contributed by atoms with van der Waals surface area (Å²) in [7, 11) is 3.42. The number of pyridine rings is 1. The van der Waals surface area contributed by atoms with Crippen LogP contribution < -0.4 is 0 Å². The Bertz CT molecular complexity index is 663. The van der Waals surface area contributed by atoms with Gasteiger partial charge in [0.05, 0.1) is 17.3 Å². The van der Waals surface area contributed by atoms with E-state index in [0.29, 0.717) is 5.56 Å². The van der Waals surface area contributed by atoms with Gasteiger partial charge in [0.25, 0.3) is 5.24 Å². The monoisotopic (exact) mass is 283 g/mol. The molecule has 2 aromatic rings. The second-order valence-corrected chi connectivity index (χ2v) is 5.29. The third-order valence-corrected chi connectivity index (χ3v) is 3.73. The van der Waals surface area contributed by atoms with Gasteiger partial charge in [0, 0.05) is 30.8 Å². The second kappa shape index (κ2) is 6.22. The van der Waals surface area contributed by atoms with Crippen LogP contribution in [-0.2, 0) is 0 Å². The van der Waals surface area contributed by atoms with E-state index in [1.165, 1.54) is 4.90 Å². The quantitative estimate of drug-likeness (QED) is 0.793. The van der Waals surface area contributed by atoms with Crippen molar-refractivity contribution in [1.82, 2.24) is 9.88 Å². The zero-order chi connectivity index (χ0) is 14.5. The van der Waals surface area contributed by atoms with Crippen LogP contribution in [-0.4, -0.2) is 29.2 Å². The molecule has 0 bridgehead atoms. The third kappa shape index (κ3) is 3.16. The highest BCUT2D eigenvalue weighted by Crippen LogP contribution is 2.32. The van der Waals surface area contributed by atoms with Crippen LogP contribution in [0, 0.1) is 11.3 Å². The fourth-order valence-electron chi connectivity index (χ4n) is 1.60. The maximum Gasteiger partial charge on any atom is 0.285 e. The number of aromatic nitrogens is 1. The summed E-state index contributed by atoms with van der Waals surface area (Å²) in [5.74, 6) is 0. The minimum atomic E-state index is -0.0631. The standard InChI is InChI=1S/C15H13N3OS/c1-18(2)15(19)20-14-7-6-11(10-16)9-12(14)13-5-3-4-8-17-13/h3-9H,1-2H3. The molecule has 0 aliphatic rings. The van der Waals surface area contributed by atoms with Gasteiger partial charge in [0.2, 0.25) is 0 Å². The van der Waals surface area contributed by atoms with Gasteiger partial charge < -0.3 is 4.90 Å². The smallest absolute Gasteiger partial charge is 0.285 e. The van der Waals surface area contributed by atoms with Gasteiger partial charge in [-0.15, -0.1) is 0 Å². The first-order chi connectivity index (χ1) is 9.61. The first-order valence-corrected chi connectivity index (χ1v) is 6.78. The molecule has 0 fully saturated rings. The minimum absolute atomic E-state index is 0.0631. The Balaban J connectivity index is 2.47. The van der Waals surface area contributed by atoms with Crippen LogP contribution in [0.25, 0.3) is 11.3 Å². The van der Waals surface area contributed by atoms with Gasteiger partial charge in [-0.3, -0.25) is 9.78 Å². The van der Waals surface area contributed by atoms with Crippen LogP contribution in [0.4, 0.5) is 4.79 Å². The van der Waals surface area contributed by atoms with Crippen LogP contribution in [0.2, 0.25) is 0 Å². The van der Waals surface area contributed by atoms with Crippen molar-refractivity contribution in [3.63, 3.8) is 0 Å². The van der Waals surface area contributed by atoms with Crippen molar-refractivity contribution in [3.05, 3.63) is 48.2 Å². The summed E-state index contributed by atoms with van der Waals surface area (Å²) < 4.78 is 0. The lowest BCUT2D eigenvalue weighted by Gasteiger charge is -2.12. The van der Waals surface area contributed by atoms with E-state index < -0.39 is 0 Å². The van der Waals surface area contributed by atoms with Crippen LogP contribution >= 0.6 is 11.8 Å². The lowest BCUT2D eigenvalue weighted by atomic mass is 10.1. The van der Waals surface area contributed by atoms with Crippen LogP contribution in [0.3, 0.4) is 0 Å². The Kier molecular flexibility index (Phi) is 4.38. The predicted octanol–water partition coefficient (Wildman–Crippen LogP) is 3.39. The predicted molar refractivity (Wildman–Crippen MR) is 79.3 cm³/mol. The van der Waals surface area contributed by atoms with Crippen molar-refractivity contribution in [1.29, 1.82) is 5.26 Å². The summed E-state index contributed by atoms with van der Waals surface area (Å²) in [6.07, 6.45) is 1.69. The van der Waals surface area contributed by atoms with E-state index in [-0.39, 0.29) is 5.24 Å². The van der Waals surface area contributed by atoms with Crippen LogP contribution in [0.1, 0.15) is 5.56 Å². The molecule has 0 unspecified atom stereocenters. The summed E-state index contributed by atoms with van der Waals surface area (Å²) in [4.78, 5) is 18.5. The number of carbonyl (C=O) groups excluding carboxylic acids is 1. The molecule has 2 rings (SSSR count). The molecule has 0 aliphatic heterocycles. The van der Waals surface area contributed by atoms with Crippen molar-refractivity contribution < 1.29 is 4.79 Å². The fourth-order valence-corrected chi connectivity index (χ4v) is 2.38. The minimum Gasteiger partial charge on any atom is -0.339 e. The van der Waals surface area contributed by atoms with Gasteiger partial charge in [0.15, 0.2) is 0 Å². The number of thioether (sulfide) groups is 1. The lowest BCUT2D eigenvalue weighted by molar-refractivity contribution is 0.241. The van der Waals surface area contributed by atoms with Crippen molar-refractivity contribution in [3.8, 4) is 17.3 Å². The van der Waals surface area contributed by atoms with E-state index in [2.05, 4.69) is 11.1 Å². The van der Waals surface area contributed by atoms with Gasteiger partial charge >= 0.3 is 0 Å². The molecule has 0 spiro atoms. The van der Waals surface area contributed by atoms with E-state index in [1.807, 2.05) is 18.2 Å². The largest absolute Gasteiger partial charge is 0.339 e. The summed E-state index contributed by atoms with van der Waals surface area (Å²) in [5, 5.41) is 8.95. The molecule has 1 aromatic carbocycles. The Morgan fingerprint density at radius 3 is 2.70 bits per heavy atom. The van der Waals surface area contributed by atoms with Gasteiger partial charge in [-0.2, -0.15) is 5.26 Å². The van der Waals surface area contributed by atoms with Gasteiger partial charge in [-0.05, 0) is 42.1 Å². The molecule has 1 amide bonds. The Morgan fingerprint density at radius 2 is 2.10 bits per heavy atom. The van der Waals surface area contributed by atoms with Crippen molar-refractivity contribution in [2.24, 2.45) is 0 Å². The maximum atomic E-state index is 11.9. The Labute approximate surface area is 122 Å². The number of nitriles is 1.